The Kier molecular flexibility index (Phi) is 5.37. The number of aryl methyl sites for hydroxylation is 1. The zero-order valence-electron chi connectivity index (χ0n) is 16.2. The van der Waals surface area contributed by atoms with Crippen LogP contribution in [-0.2, 0) is 16.4 Å². The van der Waals surface area contributed by atoms with Crippen LogP contribution in [0.2, 0.25) is 0 Å². The molecule has 0 radical (unpaired) electrons. The molecule has 1 heterocycles. The van der Waals surface area contributed by atoms with E-state index in [4.69, 9.17) is 4.42 Å². The second-order valence-corrected chi connectivity index (χ2v) is 8.57. The Balaban J connectivity index is 1.79. The minimum atomic E-state index is -3.91. The molecule has 1 N–H and O–H groups in total. The van der Waals surface area contributed by atoms with E-state index in [1.807, 2.05) is 36.4 Å². The zero-order chi connectivity index (χ0) is 21.1. The van der Waals surface area contributed by atoms with Gasteiger partial charge in [0.05, 0.1) is 11.1 Å². The molecule has 0 aliphatic carbocycles. The van der Waals surface area contributed by atoms with Crippen molar-refractivity contribution in [1.29, 1.82) is 0 Å². The molecule has 0 atom stereocenters. The van der Waals surface area contributed by atoms with Gasteiger partial charge in [0, 0.05) is 0 Å². The quantitative estimate of drug-likeness (QED) is 0.465. The third-order valence-corrected chi connectivity index (χ3v) is 6.21. The lowest BCUT2D eigenvalue weighted by Crippen LogP contribution is -2.15. The van der Waals surface area contributed by atoms with Gasteiger partial charge in [0.25, 0.3) is 10.0 Å². The molecule has 4 rings (SSSR count). The van der Waals surface area contributed by atoms with E-state index in [0.717, 1.165) is 17.5 Å². The lowest BCUT2D eigenvalue weighted by atomic mass is 9.98. The summed E-state index contributed by atoms with van der Waals surface area (Å²) >= 11 is 0. The minimum absolute atomic E-state index is 0.0327. The van der Waals surface area contributed by atoms with Gasteiger partial charge in [0.2, 0.25) is 5.88 Å². The van der Waals surface area contributed by atoms with Gasteiger partial charge in [-0.2, -0.15) is 0 Å². The molecule has 4 aromatic rings. The van der Waals surface area contributed by atoms with Gasteiger partial charge in [0.15, 0.2) is 6.39 Å². The summed E-state index contributed by atoms with van der Waals surface area (Å²) in [6.45, 7) is 1.70. The number of hydrogen-bond donors (Lipinski definition) is 1. The fraction of sp³-hybridized carbons (Fsp3) is 0.0870. The number of oxazole rings is 1. The largest absolute Gasteiger partial charge is 0.427 e. The molecule has 0 bridgehead atoms. The Morgan fingerprint density at radius 2 is 1.73 bits per heavy atom. The van der Waals surface area contributed by atoms with Crippen LogP contribution in [-0.4, -0.2) is 13.4 Å². The molecule has 0 unspecified atom stereocenters. The highest BCUT2D eigenvalue weighted by Crippen LogP contribution is 2.29. The molecule has 3 aromatic carbocycles. The van der Waals surface area contributed by atoms with Crippen LogP contribution >= 0.6 is 0 Å². The van der Waals surface area contributed by atoms with Crippen LogP contribution < -0.4 is 4.72 Å². The summed E-state index contributed by atoms with van der Waals surface area (Å²) in [7, 11) is -3.91. The van der Waals surface area contributed by atoms with E-state index in [1.54, 1.807) is 25.1 Å². The van der Waals surface area contributed by atoms with Gasteiger partial charge < -0.3 is 4.42 Å². The van der Waals surface area contributed by atoms with Gasteiger partial charge >= 0.3 is 0 Å². The molecular formula is C23H19FN2O3S. The first-order valence-corrected chi connectivity index (χ1v) is 10.8. The highest BCUT2D eigenvalue weighted by Gasteiger charge is 2.21. The first-order chi connectivity index (χ1) is 14.4. The highest BCUT2D eigenvalue weighted by atomic mass is 32.2. The van der Waals surface area contributed by atoms with Gasteiger partial charge in [-0.1, -0.05) is 48.5 Å². The number of aromatic nitrogens is 1. The molecule has 1 aromatic heterocycles. The molecule has 0 fully saturated rings. The SMILES string of the molecule is Cc1ccc(-c2ccc(S(=O)(=O)Nc3cnco3)c(Cc3ccccc3)c2)cc1F. The third kappa shape index (κ3) is 4.26. The highest BCUT2D eigenvalue weighted by molar-refractivity contribution is 7.92. The van der Waals surface area contributed by atoms with Gasteiger partial charge in [-0.05, 0) is 59.4 Å². The topological polar surface area (TPSA) is 72.2 Å². The first kappa shape index (κ1) is 19.8. The van der Waals surface area contributed by atoms with Crippen molar-refractivity contribution in [3.8, 4) is 11.1 Å². The van der Waals surface area contributed by atoms with Crippen molar-refractivity contribution < 1.29 is 17.2 Å². The molecule has 152 valence electrons. The van der Waals surface area contributed by atoms with E-state index in [-0.39, 0.29) is 16.6 Å². The predicted molar refractivity (Wildman–Crippen MR) is 113 cm³/mol. The van der Waals surface area contributed by atoms with E-state index in [2.05, 4.69) is 9.71 Å². The fourth-order valence-electron chi connectivity index (χ4n) is 3.20. The summed E-state index contributed by atoms with van der Waals surface area (Å²) in [6.07, 6.45) is 2.84. The first-order valence-electron chi connectivity index (χ1n) is 9.27. The lowest BCUT2D eigenvalue weighted by Gasteiger charge is -2.14. The van der Waals surface area contributed by atoms with Crippen LogP contribution in [0.3, 0.4) is 0 Å². The molecule has 0 spiro atoms. The van der Waals surface area contributed by atoms with Crippen molar-refractivity contribution in [2.24, 2.45) is 0 Å². The van der Waals surface area contributed by atoms with Crippen molar-refractivity contribution in [3.63, 3.8) is 0 Å². The molecule has 0 aliphatic heterocycles. The predicted octanol–water partition coefficient (Wildman–Crippen LogP) is 5.18. The second kappa shape index (κ2) is 8.12. The van der Waals surface area contributed by atoms with Crippen LogP contribution in [0.25, 0.3) is 11.1 Å². The van der Waals surface area contributed by atoms with Gasteiger partial charge in [-0.3, -0.25) is 0 Å². The van der Waals surface area contributed by atoms with Crippen LogP contribution in [0.15, 0.2) is 88.6 Å². The number of nitrogens with zero attached hydrogens (tertiary/aromatic N) is 1. The van der Waals surface area contributed by atoms with Crippen LogP contribution in [0.1, 0.15) is 16.7 Å². The number of benzene rings is 3. The van der Waals surface area contributed by atoms with Crippen molar-refractivity contribution in [2.75, 3.05) is 4.72 Å². The van der Waals surface area contributed by atoms with Gasteiger partial charge in [0.1, 0.15) is 5.82 Å². The summed E-state index contributed by atoms with van der Waals surface area (Å²) in [4.78, 5) is 3.85. The van der Waals surface area contributed by atoms with E-state index >= 15 is 0 Å². The fourth-order valence-corrected chi connectivity index (χ4v) is 4.40. The summed E-state index contributed by atoms with van der Waals surface area (Å²) < 4.78 is 47.5. The molecule has 30 heavy (non-hydrogen) atoms. The smallest absolute Gasteiger partial charge is 0.264 e. The number of sulfonamides is 1. The maximum absolute atomic E-state index is 14.1. The Morgan fingerprint density at radius 3 is 2.43 bits per heavy atom. The standard InChI is InChI=1S/C23H19FN2O3S/c1-16-7-8-19(13-21(16)24)18-9-10-22(30(27,28)26-23-14-25-15-29-23)20(12-18)11-17-5-3-2-4-6-17/h2-10,12-15,26H,11H2,1H3. The summed E-state index contributed by atoms with van der Waals surface area (Å²) in [5, 5.41) is 0. The normalized spacial score (nSPS) is 11.4. The van der Waals surface area contributed by atoms with E-state index in [0.29, 0.717) is 23.1 Å². The second-order valence-electron chi connectivity index (χ2n) is 6.92. The van der Waals surface area contributed by atoms with Gasteiger partial charge in [-0.15, -0.1) is 0 Å². The van der Waals surface area contributed by atoms with Crippen LogP contribution in [0.4, 0.5) is 10.3 Å². The molecule has 5 nitrogen and oxygen atoms in total. The number of hydrogen-bond acceptors (Lipinski definition) is 4. The Hall–Kier alpha value is -3.45. The van der Waals surface area contributed by atoms with Crippen molar-refractivity contribution in [1.82, 2.24) is 4.98 Å². The van der Waals surface area contributed by atoms with Crippen molar-refractivity contribution >= 4 is 15.9 Å². The van der Waals surface area contributed by atoms with Crippen LogP contribution in [0, 0.1) is 12.7 Å². The molecule has 0 saturated carbocycles. The summed E-state index contributed by atoms with van der Waals surface area (Å²) in [5.41, 5.74) is 3.52. The molecule has 7 heteroatoms. The number of nitrogens with one attached hydrogen (secondary N) is 1. The number of rotatable bonds is 6. The Morgan fingerprint density at radius 1 is 1.00 bits per heavy atom. The van der Waals surface area contributed by atoms with E-state index in [1.165, 1.54) is 18.3 Å². The minimum Gasteiger partial charge on any atom is -0.427 e. The number of anilines is 1. The molecule has 0 saturated heterocycles. The molecular weight excluding hydrogens is 403 g/mol. The maximum Gasteiger partial charge on any atom is 0.264 e. The monoisotopic (exact) mass is 422 g/mol. The Labute approximate surface area is 174 Å². The average molecular weight is 422 g/mol. The third-order valence-electron chi connectivity index (χ3n) is 4.76. The van der Waals surface area contributed by atoms with Crippen LogP contribution in [0.5, 0.6) is 0 Å². The summed E-state index contributed by atoms with van der Waals surface area (Å²) in [6, 6.07) is 19.5. The zero-order valence-corrected chi connectivity index (χ0v) is 17.0. The van der Waals surface area contributed by atoms with Crippen molar-refractivity contribution in [3.05, 3.63) is 102 Å². The van der Waals surface area contributed by atoms with Crippen molar-refractivity contribution in [2.45, 2.75) is 18.2 Å². The number of halogens is 1. The van der Waals surface area contributed by atoms with E-state index in [9.17, 15) is 12.8 Å². The Bertz CT molecular complexity index is 1270. The lowest BCUT2D eigenvalue weighted by molar-refractivity contribution is 0.568. The molecule has 0 amide bonds. The van der Waals surface area contributed by atoms with E-state index < -0.39 is 10.0 Å². The molecule has 0 aliphatic rings. The average Bonchev–Trinajstić information content (AvgIpc) is 3.23. The maximum atomic E-state index is 14.1. The summed E-state index contributed by atoms with van der Waals surface area (Å²) in [5.74, 6) is -0.272. The van der Waals surface area contributed by atoms with Gasteiger partial charge in [-0.25, -0.2) is 22.5 Å².